The number of fused-ring (bicyclic) bond motifs is 1. The number of halogens is 2. The largest absolute Gasteiger partial charge is 0.324 e. The third-order valence-corrected chi connectivity index (χ3v) is 4.91. The van der Waals surface area contributed by atoms with E-state index in [1.54, 1.807) is 0 Å². The molecule has 1 aliphatic rings. The molecule has 1 unspecified atom stereocenters. The lowest BCUT2D eigenvalue weighted by Gasteiger charge is -2.24. The Morgan fingerprint density at radius 2 is 2.04 bits per heavy atom. The number of amides is 2. The molecule has 0 bridgehead atoms. The molecule has 2 aromatic carbocycles. The molecule has 142 valence electrons. The molecule has 8 heteroatoms. The third-order valence-electron chi connectivity index (χ3n) is 4.62. The van der Waals surface area contributed by atoms with Gasteiger partial charge in [-0.15, -0.1) is 0 Å². The van der Waals surface area contributed by atoms with E-state index in [0.717, 1.165) is 11.1 Å². The number of rotatable bonds is 3. The van der Waals surface area contributed by atoms with Gasteiger partial charge in [-0.1, -0.05) is 41.9 Å². The minimum Gasteiger partial charge on any atom is -0.324 e. The molecule has 0 fully saturated rings. The minimum absolute atomic E-state index is 0.0525. The van der Waals surface area contributed by atoms with Crippen LogP contribution in [0.15, 0.2) is 48.5 Å². The standard InChI is InChI=1S/C20H16ClFN4O2/c1-11-18(12-5-3-2-4-6-12)25-26-16(10-17(27)24-19(11)26)20(28)23-13-7-8-15(22)14(21)9-13/h2-9,16H,10H2,1H3,(H,23,28)(H,24,27). The highest BCUT2D eigenvalue weighted by Crippen LogP contribution is 2.34. The summed E-state index contributed by atoms with van der Waals surface area (Å²) >= 11 is 5.77. The predicted octanol–water partition coefficient (Wildman–Crippen LogP) is 4.17. The van der Waals surface area contributed by atoms with Crippen molar-refractivity contribution in [2.75, 3.05) is 10.6 Å². The Labute approximate surface area is 165 Å². The van der Waals surface area contributed by atoms with Crippen LogP contribution in [0.5, 0.6) is 0 Å². The summed E-state index contributed by atoms with van der Waals surface area (Å²) in [5.74, 6) is -0.783. The van der Waals surface area contributed by atoms with E-state index >= 15 is 0 Å². The number of nitrogens with one attached hydrogen (secondary N) is 2. The van der Waals surface area contributed by atoms with Crippen molar-refractivity contribution in [3.63, 3.8) is 0 Å². The summed E-state index contributed by atoms with van der Waals surface area (Å²) in [7, 11) is 0. The summed E-state index contributed by atoms with van der Waals surface area (Å²) in [5, 5.41) is 9.96. The van der Waals surface area contributed by atoms with Crippen LogP contribution in [0.25, 0.3) is 11.3 Å². The first-order chi connectivity index (χ1) is 13.4. The van der Waals surface area contributed by atoms with Crippen LogP contribution in [0.4, 0.5) is 15.9 Å². The van der Waals surface area contributed by atoms with Crippen molar-refractivity contribution in [1.82, 2.24) is 9.78 Å². The number of hydrogen-bond acceptors (Lipinski definition) is 3. The van der Waals surface area contributed by atoms with Crippen LogP contribution < -0.4 is 10.6 Å². The van der Waals surface area contributed by atoms with Gasteiger partial charge in [-0.2, -0.15) is 5.10 Å². The van der Waals surface area contributed by atoms with Crippen LogP contribution in [-0.2, 0) is 9.59 Å². The molecule has 1 aromatic heterocycles. The molecule has 0 spiro atoms. The van der Waals surface area contributed by atoms with Gasteiger partial charge in [0.05, 0.1) is 17.1 Å². The maximum atomic E-state index is 13.3. The Balaban J connectivity index is 1.69. The molecule has 1 atom stereocenters. The maximum absolute atomic E-state index is 13.3. The first kappa shape index (κ1) is 18.2. The quantitative estimate of drug-likeness (QED) is 0.695. The molecule has 3 aromatic rings. The first-order valence-corrected chi connectivity index (χ1v) is 9.02. The second-order valence-corrected chi connectivity index (χ2v) is 6.93. The normalized spacial score (nSPS) is 15.7. The van der Waals surface area contributed by atoms with Gasteiger partial charge in [-0.25, -0.2) is 9.07 Å². The molecule has 4 rings (SSSR count). The summed E-state index contributed by atoms with van der Waals surface area (Å²) < 4.78 is 14.9. The molecular weight excluding hydrogens is 383 g/mol. The van der Waals surface area contributed by atoms with Crippen molar-refractivity contribution < 1.29 is 14.0 Å². The highest BCUT2D eigenvalue weighted by atomic mass is 35.5. The van der Waals surface area contributed by atoms with Gasteiger partial charge in [0.2, 0.25) is 11.8 Å². The average Bonchev–Trinajstić information content (AvgIpc) is 3.01. The SMILES string of the molecule is Cc1c(-c2ccccc2)nn2c1NC(=O)CC2C(=O)Nc1ccc(F)c(Cl)c1. The minimum atomic E-state index is -0.830. The fourth-order valence-corrected chi connectivity index (χ4v) is 3.39. The van der Waals surface area contributed by atoms with Crippen LogP contribution in [0.3, 0.4) is 0 Å². The van der Waals surface area contributed by atoms with E-state index in [1.165, 1.54) is 22.9 Å². The molecule has 2 N–H and O–H groups in total. The van der Waals surface area contributed by atoms with Gasteiger partial charge in [0.25, 0.3) is 0 Å². The van der Waals surface area contributed by atoms with Crippen molar-refractivity contribution in [3.8, 4) is 11.3 Å². The summed E-state index contributed by atoms with van der Waals surface area (Å²) in [6.07, 6.45) is -0.0525. The number of anilines is 2. The lowest BCUT2D eigenvalue weighted by Crippen LogP contribution is -2.35. The summed E-state index contributed by atoms with van der Waals surface area (Å²) in [6.45, 7) is 1.85. The van der Waals surface area contributed by atoms with E-state index in [2.05, 4.69) is 15.7 Å². The summed E-state index contributed by atoms with van der Waals surface area (Å²) in [6, 6.07) is 12.6. The van der Waals surface area contributed by atoms with Crippen molar-refractivity contribution in [3.05, 3.63) is 64.9 Å². The van der Waals surface area contributed by atoms with Crippen LogP contribution in [-0.4, -0.2) is 21.6 Å². The van der Waals surface area contributed by atoms with E-state index in [4.69, 9.17) is 11.6 Å². The zero-order chi connectivity index (χ0) is 19.8. The second kappa shape index (κ2) is 7.09. The highest BCUT2D eigenvalue weighted by Gasteiger charge is 2.34. The Hall–Kier alpha value is -3.19. The monoisotopic (exact) mass is 398 g/mol. The van der Waals surface area contributed by atoms with Gasteiger partial charge in [0.1, 0.15) is 17.7 Å². The Morgan fingerprint density at radius 1 is 1.29 bits per heavy atom. The number of carbonyl (C=O) groups is 2. The highest BCUT2D eigenvalue weighted by molar-refractivity contribution is 6.31. The van der Waals surface area contributed by atoms with E-state index in [-0.39, 0.29) is 17.4 Å². The first-order valence-electron chi connectivity index (χ1n) is 8.64. The molecule has 0 saturated heterocycles. The van der Waals surface area contributed by atoms with Gasteiger partial charge in [0.15, 0.2) is 0 Å². The fraction of sp³-hybridized carbons (Fsp3) is 0.150. The molecule has 2 amide bonds. The zero-order valence-corrected chi connectivity index (χ0v) is 15.6. The average molecular weight is 399 g/mol. The Morgan fingerprint density at radius 3 is 2.75 bits per heavy atom. The van der Waals surface area contributed by atoms with Gasteiger partial charge in [-0.3, -0.25) is 9.59 Å². The van der Waals surface area contributed by atoms with E-state index < -0.39 is 17.8 Å². The van der Waals surface area contributed by atoms with Crippen molar-refractivity contribution in [2.24, 2.45) is 0 Å². The van der Waals surface area contributed by atoms with Crippen LogP contribution in [0, 0.1) is 12.7 Å². The fourth-order valence-electron chi connectivity index (χ4n) is 3.21. The van der Waals surface area contributed by atoms with Crippen molar-refractivity contribution in [1.29, 1.82) is 0 Å². The predicted molar refractivity (Wildman–Crippen MR) is 105 cm³/mol. The smallest absolute Gasteiger partial charge is 0.249 e. The zero-order valence-electron chi connectivity index (χ0n) is 14.9. The number of hydrogen-bond donors (Lipinski definition) is 2. The topological polar surface area (TPSA) is 76.0 Å². The molecule has 0 radical (unpaired) electrons. The molecule has 0 saturated carbocycles. The van der Waals surface area contributed by atoms with Crippen LogP contribution in [0.2, 0.25) is 5.02 Å². The molecule has 6 nitrogen and oxygen atoms in total. The molecular formula is C20H16ClFN4O2. The Kier molecular flexibility index (Phi) is 4.60. The lowest BCUT2D eigenvalue weighted by atomic mass is 10.1. The maximum Gasteiger partial charge on any atom is 0.249 e. The van der Waals surface area contributed by atoms with E-state index in [1.807, 2.05) is 37.3 Å². The molecule has 28 heavy (non-hydrogen) atoms. The van der Waals surface area contributed by atoms with E-state index in [0.29, 0.717) is 17.2 Å². The van der Waals surface area contributed by atoms with Gasteiger partial charge < -0.3 is 10.6 Å². The third kappa shape index (κ3) is 3.25. The summed E-state index contributed by atoms with van der Waals surface area (Å²) in [5.41, 5.74) is 2.71. The van der Waals surface area contributed by atoms with Gasteiger partial charge >= 0.3 is 0 Å². The van der Waals surface area contributed by atoms with Crippen molar-refractivity contribution in [2.45, 2.75) is 19.4 Å². The number of carbonyl (C=O) groups excluding carboxylic acids is 2. The van der Waals surface area contributed by atoms with E-state index in [9.17, 15) is 14.0 Å². The summed E-state index contributed by atoms with van der Waals surface area (Å²) in [4.78, 5) is 25.0. The van der Waals surface area contributed by atoms with Crippen LogP contribution in [0.1, 0.15) is 18.0 Å². The van der Waals surface area contributed by atoms with Crippen molar-refractivity contribution >= 4 is 34.9 Å². The van der Waals surface area contributed by atoms with Gasteiger partial charge in [-0.05, 0) is 25.1 Å². The number of aromatic nitrogens is 2. The Bertz CT molecular complexity index is 1080. The number of benzene rings is 2. The second-order valence-electron chi connectivity index (χ2n) is 6.52. The molecule has 1 aliphatic heterocycles. The lowest BCUT2D eigenvalue weighted by molar-refractivity contribution is -0.125. The van der Waals surface area contributed by atoms with Crippen LogP contribution >= 0.6 is 11.6 Å². The molecule has 2 heterocycles. The number of nitrogens with zero attached hydrogens (tertiary/aromatic N) is 2. The van der Waals surface area contributed by atoms with Gasteiger partial charge in [0, 0.05) is 16.8 Å². The molecule has 0 aliphatic carbocycles.